The van der Waals surface area contributed by atoms with Crippen LogP contribution in [0.4, 0.5) is 0 Å². The van der Waals surface area contributed by atoms with Crippen LogP contribution in [0.15, 0.2) is 72.3 Å². The van der Waals surface area contributed by atoms with Crippen LogP contribution in [0.1, 0.15) is 16.8 Å². The van der Waals surface area contributed by atoms with Gasteiger partial charge in [-0.3, -0.25) is 0 Å². The van der Waals surface area contributed by atoms with Gasteiger partial charge in [-0.05, 0) is 43.7 Å². The zero-order chi connectivity index (χ0) is 17.3. The minimum absolute atomic E-state index is 0.266. The molecule has 0 bridgehead atoms. The Labute approximate surface area is 142 Å². The molecule has 0 aliphatic carbocycles. The quantitative estimate of drug-likeness (QED) is 0.695. The molecule has 122 valence electrons. The largest absolute Gasteiger partial charge is 0.268 e. The fourth-order valence-electron chi connectivity index (χ4n) is 2.55. The molecule has 0 fully saturated rings. The number of hydrogen-bond donors (Lipinski definition) is 0. The lowest BCUT2D eigenvalue weighted by Gasteiger charge is -2.08. The molecular formula is C20H19NO2S. The molecule has 3 rings (SSSR count). The topological polar surface area (TPSA) is 39.1 Å². The molecule has 0 saturated heterocycles. The Morgan fingerprint density at radius 1 is 0.875 bits per heavy atom. The van der Waals surface area contributed by atoms with E-state index in [2.05, 4.69) is 6.58 Å². The average molecular weight is 337 g/mol. The molecule has 4 heteroatoms. The zero-order valence-electron chi connectivity index (χ0n) is 13.7. The number of rotatable bonds is 4. The summed E-state index contributed by atoms with van der Waals surface area (Å²) in [5, 5.41) is 0. The lowest BCUT2D eigenvalue weighted by atomic mass is 10.1. The maximum atomic E-state index is 12.9. The highest BCUT2D eigenvalue weighted by Crippen LogP contribution is 2.26. The van der Waals surface area contributed by atoms with Crippen LogP contribution in [-0.4, -0.2) is 12.4 Å². The number of benzene rings is 2. The SMILES string of the molecule is C=Cc1cc(-c2ccc(C)cc2)cn1S(=O)(=O)c1ccc(C)cc1. The molecule has 0 radical (unpaired) electrons. The molecule has 24 heavy (non-hydrogen) atoms. The summed E-state index contributed by atoms with van der Waals surface area (Å²) in [5.74, 6) is 0. The maximum absolute atomic E-state index is 12.9. The van der Waals surface area contributed by atoms with Crippen molar-refractivity contribution in [1.29, 1.82) is 0 Å². The van der Waals surface area contributed by atoms with E-state index in [9.17, 15) is 8.42 Å². The summed E-state index contributed by atoms with van der Waals surface area (Å²) in [6.07, 6.45) is 3.21. The van der Waals surface area contributed by atoms with Gasteiger partial charge in [0, 0.05) is 11.8 Å². The van der Waals surface area contributed by atoms with Crippen molar-refractivity contribution < 1.29 is 8.42 Å². The predicted octanol–water partition coefficient (Wildman–Crippen LogP) is 4.65. The van der Waals surface area contributed by atoms with Crippen molar-refractivity contribution in [2.75, 3.05) is 0 Å². The summed E-state index contributed by atoms with van der Waals surface area (Å²) < 4.78 is 27.2. The van der Waals surface area contributed by atoms with E-state index in [1.807, 2.05) is 44.2 Å². The minimum Gasteiger partial charge on any atom is -0.241 e. The molecule has 0 aliphatic heterocycles. The summed E-state index contributed by atoms with van der Waals surface area (Å²) >= 11 is 0. The monoisotopic (exact) mass is 337 g/mol. The third-order valence-electron chi connectivity index (χ3n) is 3.99. The van der Waals surface area contributed by atoms with Gasteiger partial charge in [0.05, 0.1) is 10.6 Å². The highest BCUT2D eigenvalue weighted by Gasteiger charge is 2.20. The Balaban J connectivity index is 2.12. The van der Waals surface area contributed by atoms with Gasteiger partial charge in [0.2, 0.25) is 0 Å². The first-order valence-corrected chi connectivity index (χ1v) is 9.10. The van der Waals surface area contributed by atoms with E-state index < -0.39 is 10.0 Å². The van der Waals surface area contributed by atoms with Gasteiger partial charge in [0.1, 0.15) is 0 Å². The first kappa shape index (κ1) is 16.3. The van der Waals surface area contributed by atoms with Gasteiger partial charge < -0.3 is 0 Å². The molecule has 0 amide bonds. The van der Waals surface area contributed by atoms with E-state index in [4.69, 9.17) is 0 Å². The van der Waals surface area contributed by atoms with Gasteiger partial charge >= 0.3 is 0 Å². The van der Waals surface area contributed by atoms with Crippen molar-refractivity contribution >= 4 is 16.1 Å². The maximum Gasteiger partial charge on any atom is 0.268 e. The molecule has 2 aromatic carbocycles. The molecule has 3 nitrogen and oxygen atoms in total. The fraction of sp³-hybridized carbons (Fsp3) is 0.100. The Bertz CT molecular complexity index is 979. The Kier molecular flexibility index (Phi) is 4.16. The van der Waals surface area contributed by atoms with E-state index in [1.54, 1.807) is 36.5 Å². The molecule has 0 saturated carbocycles. The third kappa shape index (κ3) is 2.93. The van der Waals surface area contributed by atoms with Crippen molar-refractivity contribution in [1.82, 2.24) is 3.97 Å². The van der Waals surface area contributed by atoms with Crippen LogP contribution in [-0.2, 0) is 10.0 Å². The Morgan fingerprint density at radius 2 is 1.42 bits per heavy atom. The van der Waals surface area contributed by atoms with Crippen molar-refractivity contribution in [3.63, 3.8) is 0 Å². The standard InChI is InChI=1S/C20H19NO2S/c1-4-19-13-18(17-9-5-15(2)6-10-17)14-21(19)24(22,23)20-11-7-16(3)8-12-20/h4-14H,1H2,2-3H3. The highest BCUT2D eigenvalue weighted by atomic mass is 32.2. The van der Waals surface area contributed by atoms with Crippen LogP contribution in [0.5, 0.6) is 0 Å². The molecule has 0 N–H and O–H groups in total. The molecule has 1 heterocycles. The molecule has 0 spiro atoms. The first-order chi connectivity index (χ1) is 11.4. The number of aryl methyl sites for hydroxylation is 2. The van der Waals surface area contributed by atoms with Gasteiger partial charge in [-0.15, -0.1) is 0 Å². The molecule has 0 atom stereocenters. The van der Waals surface area contributed by atoms with Crippen LogP contribution in [0.3, 0.4) is 0 Å². The third-order valence-corrected chi connectivity index (χ3v) is 5.69. The molecule has 0 aliphatic rings. The van der Waals surface area contributed by atoms with E-state index in [-0.39, 0.29) is 4.90 Å². The zero-order valence-corrected chi connectivity index (χ0v) is 14.5. The van der Waals surface area contributed by atoms with Crippen LogP contribution in [0.2, 0.25) is 0 Å². The molecular weight excluding hydrogens is 318 g/mol. The van der Waals surface area contributed by atoms with Crippen molar-refractivity contribution in [2.24, 2.45) is 0 Å². The second kappa shape index (κ2) is 6.13. The predicted molar refractivity (Wildman–Crippen MR) is 98.5 cm³/mol. The van der Waals surface area contributed by atoms with Crippen LogP contribution in [0.25, 0.3) is 17.2 Å². The summed E-state index contributed by atoms with van der Waals surface area (Å²) in [6.45, 7) is 7.70. The van der Waals surface area contributed by atoms with Crippen LogP contribution in [0, 0.1) is 13.8 Å². The number of hydrogen-bond acceptors (Lipinski definition) is 2. The van der Waals surface area contributed by atoms with E-state index >= 15 is 0 Å². The van der Waals surface area contributed by atoms with Gasteiger partial charge in [-0.1, -0.05) is 54.1 Å². The summed E-state index contributed by atoms with van der Waals surface area (Å²) in [4.78, 5) is 0.266. The summed E-state index contributed by atoms with van der Waals surface area (Å²) in [5.41, 5.74) is 4.55. The van der Waals surface area contributed by atoms with E-state index in [0.29, 0.717) is 5.69 Å². The van der Waals surface area contributed by atoms with E-state index in [0.717, 1.165) is 22.3 Å². The van der Waals surface area contributed by atoms with Crippen LogP contribution >= 0.6 is 0 Å². The van der Waals surface area contributed by atoms with Gasteiger partial charge in [0.25, 0.3) is 10.0 Å². The molecule has 0 unspecified atom stereocenters. The van der Waals surface area contributed by atoms with Crippen LogP contribution < -0.4 is 0 Å². The molecule has 1 aromatic heterocycles. The van der Waals surface area contributed by atoms with Gasteiger partial charge in [0.15, 0.2) is 0 Å². The van der Waals surface area contributed by atoms with Crippen molar-refractivity contribution in [3.8, 4) is 11.1 Å². The fourth-order valence-corrected chi connectivity index (χ4v) is 3.91. The lowest BCUT2D eigenvalue weighted by molar-refractivity contribution is 0.587. The molecule has 3 aromatic rings. The normalized spacial score (nSPS) is 11.4. The second-order valence-corrected chi connectivity index (χ2v) is 7.65. The van der Waals surface area contributed by atoms with Crippen molar-refractivity contribution in [2.45, 2.75) is 18.7 Å². The van der Waals surface area contributed by atoms with Gasteiger partial charge in [-0.25, -0.2) is 12.4 Å². The van der Waals surface area contributed by atoms with E-state index in [1.165, 1.54) is 3.97 Å². The second-order valence-electron chi connectivity index (χ2n) is 5.84. The summed E-state index contributed by atoms with van der Waals surface area (Å²) in [6, 6.07) is 16.7. The minimum atomic E-state index is -3.65. The number of nitrogens with zero attached hydrogens (tertiary/aromatic N) is 1. The number of aromatic nitrogens is 1. The first-order valence-electron chi connectivity index (χ1n) is 7.66. The smallest absolute Gasteiger partial charge is 0.241 e. The Hall–Kier alpha value is -2.59. The van der Waals surface area contributed by atoms with Gasteiger partial charge in [-0.2, -0.15) is 0 Å². The summed E-state index contributed by atoms with van der Waals surface area (Å²) in [7, 11) is -3.65. The van der Waals surface area contributed by atoms with Crippen molar-refractivity contribution in [3.05, 3.63) is 84.2 Å². The lowest BCUT2D eigenvalue weighted by Crippen LogP contribution is -2.13. The highest BCUT2D eigenvalue weighted by molar-refractivity contribution is 7.90. The Morgan fingerprint density at radius 3 is 1.96 bits per heavy atom. The average Bonchev–Trinajstić information content (AvgIpc) is 3.01.